The van der Waals surface area contributed by atoms with Crippen molar-refractivity contribution in [2.75, 3.05) is 44.2 Å². The number of likely N-dealkylation sites (tertiary alicyclic amines) is 2. The molecule has 0 aliphatic carbocycles. The Bertz CT molecular complexity index is 1210. The Morgan fingerprint density at radius 2 is 1.84 bits per heavy atom. The minimum atomic E-state index is -1.30. The van der Waals surface area contributed by atoms with Gasteiger partial charge in [0, 0.05) is 76.2 Å². The number of rotatable bonds is 4. The van der Waals surface area contributed by atoms with Crippen molar-refractivity contribution >= 4 is 34.6 Å². The van der Waals surface area contributed by atoms with Crippen LogP contribution in [0.2, 0.25) is 0 Å². The van der Waals surface area contributed by atoms with Crippen LogP contribution in [0, 0.1) is 0 Å². The lowest BCUT2D eigenvalue weighted by atomic mass is 9.91. The van der Waals surface area contributed by atoms with Gasteiger partial charge in [0.15, 0.2) is 0 Å². The average Bonchev–Trinajstić information content (AvgIpc) is 3.28. The highest BCUT2D eigenvalue weighted by atomic mass is 19.1. The van der Waals surface area contributed by atoms with Gasteiger partial charge in [0.1, 0.15) is 11.3 Å². The number of aromatic nitrogens is 2. The number of hydrogen-bond acceptors (Lipinski definition) is 6. The van der Waals surface area contributed by atoms with Crippen molar-refractivity contribution in [1.82, 2.24) is 24.7 Å². The van der Waals surface area contributed by atoms with Crippen molar-refractivity contribution in [3.05, 3.63) is 24.7 Å². The number of pyridine rings is 1. The molecule has 0 bridgehead atoms. The number of urea groups is 1. The van der Waals surface area contributed by atoms with E-state index in [1.807, 2.05) is 39.2 Å². The highest BCUT2D eigenvalue weighted by Gasteiger charge is 2.39. The minimum Gasteiger partial charge on any atom is -0.444 e. The molecular weight excluding hydrogens is 491 g/mol. The van der Waals surface area contributed by atoms with Crippen molar-refractivity contribution in [2.45, 2.75) is 70.2 Å². The van der Waals surface area contributed by atoms with Crippen molar-refractivity contribution in [3.8, 4) is 0 Å². The number of nitrogens with one attached hydrogen (secondary N) is 1. The molecule has 0 radical (unpaired) electrons. The molecule has 3 fully saturated rings. The van der Waals surface area contributed by atoms with Crippen LogP contribution in [0.4, 0.5) is 19.7 Å². The van der Waals surface area contributed by atoms with Crippen LogP contribution in [0.3, 0.4) is 0 Å². The normalized spacial score (nSPS) is 21.6. The van der Waals surface area contributed by atoms with Gasteiger partial charge in [-0.15, -0.1) is 0 Å². The molecule has 11 heteroatoms. The quantitative estimate of drug-likeness (QED) is 0.647. The van der Waals surface area contributed by atoms with Crippen molar-refractivity contribution in [3.63, 3.8) is 0 Å². The number of alkyl halides is 1. The first-order valence-corrected chi connectivity index (χ1v) is 13.5. The number of hydrogen-bond donors (Lipinski definition) is 1. The molecule has 3 saturated heterocycles. The third kappa shape index (κ3) is 5.62. The van der Waals surface area contributed by atoms with Crippen LogP contribution in [0.5, 0.6) is 0 Å². The summed E-state index contributed by atoms with van der Waals surface area (Å²) in [6.07, 6.45) is 7.80. The van der Waals surface area contributed by atoms with Gasteiger partial charge in [-0.1, -0.05) is 0 Å². The summed E-state index contributed by atoms with van der Waals surface area (Å²) >= 11 is 0. The highest BCUT2D eigenvalue weighted by Crippen LogP contribution is 2.34. The first-order chi connectivity index (χ1) is 18.0. The zero-order valence-corrected chi connectivity index (χ0v) is 22.4. The van der Waals surface area contributed by atoms with Gasteiger partial charge < -0.3 is 19.1 Å². The molecule has 206 valence electrons. The number of halogens is 1. The molecule has 3 aliphatic rings. The molecule has 1 N–H and O–H groups in total. The number of fused-ring (bicyclic) bond motifs is 1. The Morgan fingerprint density at radius 1 is 1.13 bits per heavy atom. The van der Waals surface area contributed by atoms with E-state index < -0.39 is 17.3 Å². The second kappa shape index (κ2) is 10.2. The molecular formula is C27H37FN6O4. The molecule has 5 rings (SSSR count). The summed E-state index contributed by atoms with van der Waals surface area (Å²) in [5.74, 6) is -0.264. The second-order valence-corrected chi connectivity index (χ2v) is 11.7. The average molecular weight is 529 g/mol. The van der Waals surface area contributed by atoms with Crippen LogP contribution in [0.1, 0.15) is 58.9 Å². The van der Waals surface area contributed by atoms with Crippen LogP contribution in [0.25, 0.3) is 10.9 Å². The van der Waals surface area contributed by atoms with E-state index in [4.69, 9.17) is 4.74 Å². The fraction of sp³-hybridized carbons (Fsp3) is 0.630. The molecule has 5 heterocycles. The van der Waals surface area contributed by atoms with Gasteiger partial charge in [0.05, 0.1) is 23.6 Å². The van der Waals surface area contributed by atoms with E-state index in [-0.39, 0.29) is 24.5 Å². The number of amides is 4. The van der Waals surface area contributed by atoms with Crippen LogP contribution < -0.4 is 10.2 Å². The van der Waals surface area contributed by atoms with Gasteiger partial charge in [-0.2, -0.15) is 0 Å². The van der Waals surface area contributed by atoms with Crippen LogP contribution in [0.15, 0.2) is 24.7 Å². The number of imide groups is 1. The summed E-state index contributed by atoms with van der Waals surface area (Å²) in [4.78, 5) is 46.0. The number of nitrogens with zero attached hydrogens (tertiary/aromatic N) is 5. The fourth-order valence-corrected chi connectivity index (χ4v) is 5.72. The molecule has 4 amide bonds. The van der Waals surface area contributed by atoms with Gasteiger partial charge in [0.2, 0.25) is 5.91 Å². The Morgan fingerprint density at radius 3 is 2.50 bits per heavy atom. The van der Waals surface area contributed by atoms with E-state index in [0.29, 0.717) is 44.7 Å². The zero-order chi connectivity index (χ0) is 27.1. The smallest absolute Gasteiger partial charge is 0.410 e. The number of carbonyl (C=O) groups is 3. The summed E-state index contributed by atoms with van der Waals surface area (Å²) in [6, 6.07) is 1.83. The Kier molecular flexibility index (Phi) is 7.06. The SMILES string of the molecule is CC(C)(C)OC(=O)N1CCC(F)(CN2CCC(n3ccc4c(N5CCC(=O)NC5=O)cncc43)CC2)CC1. The van der Waals surface area contributed by atoms with Crippen LogP contribution in [-0.2, 0) is 9.53 Å². The standard InChI is InChI=1S/C27H37FN6O4/c1-26(2,3)38-25(37)32-14-8-27(28,9-15-32)18-31-10-4-19(5-11-31)33-12-6-20-21(33)16-29-17-22(20)34-13-7-23(35)30-24(34)36/h6,12,16-17,19H,4-5,7-11,13-15,18H2,1-3H3,(H,30,35,36). The van der Waals surface area contributed by atoms with Gasteiger partial charge >= 0.3 is 12.1 Å². The summed E-state index contributed by atoms with van der Waals surface area (Å²) < 4.78 is 23.3. The number of anilines is 1. The second-order valence-electron chi connectivity index (χ2n) is 11.7. The zero-order valence-electron chi connectivity index (χ0n) is 22.4. The molecule has 3 aliphatic heterocycles. The largest absolute Gasteiger partial charge is 0.444 e. The van der Waals surface area contributed by atoms with E-state index in [2.05, 4.69) is 19.8 Å². The Balaban J connectivity index is 1.18. The molecule has 0 spiro atoms. The van der Waals surface area contributed by atoms with Gasteiger partial charge in [-0.25, -0.2) is 14.0 Å². The van der Waals surface area contributed by atoms with E-state index in [9.17, 15) is 14.4 Å². The topological polar surface area (TPSA) is 100 Å². The van der Waals surface area contributed by atoms with Crippen LogP contribution in [-0.4, -0.2) is 87.9 Å². The van der Waals surface area contributed by atoms with E-state index in [1.165, 1.54) is 0 Å². The molecule has 10 nitrogen and oxygen atoms in total. The molecule has 0 saturated carbocycles. The van der Waals surface area contributed by atoms with Crippen molar-refractivity contribution < 1.29 is 23.5 Å². The predicted octanol–water partition coefficient (Wildman–Crippen LogP) is 3.86. The van der Waals surface area contributed by atoms with E-state index in [0.717, 1.165) is 36.8 Å². The van der Waals surface area contributed by atoms with Crippen molar-refractivity contribution in [2.24, 2.45) is 0 Å². The maximum absolute atomic E-state index is 15.7. The molecule has 0 unspecified atom stereocenters. The van der Waals surface area contributed by atoms with Gasteiger partial charge in [-0.05, 0) is 39.7 Å². The molecule has 0 atom stereocenters. The fourth-order valence-electron chi connectivity index (χ4n) is 5.72. The minimum absolute atomic E-state index is 0.252. The Hall–Kier alpha value is -3.21. The lowest BCUT2D eigenvalue weighted by Crippen LogP contribution is -2.51. The predicted molar refractivity (Wildman–Crippen MR) is 141 cm³/mol. The Labute approximate surface area is 222 Å². The summed E-state index contributed by atoms with van der Waals surface area (Å²) in [5.41, 5.74) is -0.222. The maximum Gasteiger partial charge on any atom is 0.410 e. The van der Waals surface area contributed by atoms with Crippen molar-refractivity contribution in [1.29, 1.82) is 0 Å². The first kappa shape index (κ1) is 26.4. The summed E-state index contributed by atoms with van der Waals surface area (Å²) in [5, 5.41) is 3.30. The van der Waals surface area contributed by atoms with E-state index >= 15 is 4.39 Å². The van der Waals surface area contributed by atoms with Crippen LogP contribution >= 0.6 is 0 Å². The summed E-state index contributed by atoms with van der Waals surface area (Å²) in [6.45, 7) is 8.52. The molecule has 0 aromatic carbocycles. The molecule has 2 aromatic rings. The lowest BCUT2D eigenvalue weighted by Gasteiger charge is -2.41. The van der Waals surface area contributed by atoms with Gasteiger partial charge in [0.25, 0.3) is 0 Å². The lowest BCUT2D eigenvalue weighted by molar-refractivity contribution is -0.120. The maximum atomic E-state index is 15.7. The summed E-state index contributed by atoms with van der Waals surface area (Å²) in [7, 11) is 0. The third-order valence-electron chi connectivity index (χ3n) is 7.74. The van der Waals surface area contributed by atoms with Gasteiger partial charge in [-0.3, -0.25) is 20.0 Å². The first-order valence-electron chi connectivity index (χ1n) is 13.5. The third-order valence-corrected chi connectivity index (χ3v) is 7.74. The number of carbonyl (C=O) groups excluding carboxylic acids is 3. The molecule has 38 heavy (non-hydrogen) atoms. The molecule has 2 aromatic heterocycles. The van der Waals surface area contributed by atoms with E-state index in [1.54, 1.807) is 16.0 Å². The monoisotopic (exact) mass is 528 g/mol. The highest BCUT2D eigenvalue weighted by molar-refractivity contribution is 6.09. The number of piperidine rings is 2. The number of ether oxygens (including phenoxy) is 1.